The molecule has 0 spiro atoms. The average Bonchev–Trinajstić information content (AvgIpc) is 3.10. The van der Waals surface area contributed by atoms with Gasteiger partial charge in [-0.3, -0.25) is 0 Å². The number of anilines is 4. The number of likely N-dealkylation sites (N-methyl/N-ethyl adjacent to an activating group) is 2. The van der Waals surface area contributed by atoms with Crippen LogP contribution in [0.1, 0.15) is 31.9 Å². The second kappa shape index (κ2) is 16.5. The number of sulfonamides is 1. The SMILES string of the molecule is COc1ccc(CN(c2ncc(F)cn2)S(=O)(=O)c2cc(Cl)c(Nc3ccc(C(F)(F)F)cc3N(C)CCN(C)C(=O)OC(C)(C)C)cc2F)c(OC)c1. The van der Waals surface area contributed by atoms with Gasteiger partial charge in [0, 0.05) is 44.9 Å². The maximum absolute atomic E-state index is 16.0. The van der Waals surface area contributed by atoms with Crippen LogP contribution in [0.3, 0.4) is 0 Å². The van der Waals surface area contributed by atoms with Gasteiger partial charge in [0.05, 0.1) is 60.8 Å². The predicted molar refractivity (Wildman–Crippen MR) is 193 cm³/mol. The highest BCUT2D eigenvalue weighted by molar-refractivity contribution is 7.92. The van der Waals surface area contributed by atoms with Crippen LogP contribution in [0.25, 0.3) is 0 Å². The van der Waals surface area contributed by atoms with Crippen LogP contribution in [0.2, 0.25) is 5.02 Å². The van der Waals surface area contributed by atoms with Gasteiger partial charge >= 0.3 is 12.3 Å². The fourth-order valence-corrected chi connectivity index (χ4v) is 6.61. The number of hydrogen-bond acceptors (Lipinski definition) is 10. The first-order valence-electron chi connectivity index (χ1n) is 16.0. The quantitative estimate of drug-likeness (QED) is 0.134. The van der Waals surface area contributed by atoms with Crippen molar-refractivity contribution in [1.82, 2.24) is 14.9 Å². The van der Waals surface area contributed by atoms with Crippen LogP contribution in [0, 0.1) is 11.6 Å². The van der Waals surface area contributed by atoms with Crippen molar-refractivity contribution in [2.24, 2.45) is 0 Å². The van der Waals surface area contributed by atoms with Crippen LogP contribution in [0.15, 0.2) is 65.8 Å². The molecule has 0 aliphatic heterocycles. The molecule has 54 heavy (non-hydrogen) atoms. The fraction of sp³-hybridized carbons (Fsp3) is 0.343. The van der Waals surface area contributed by atoms with E-state index in [2.05, 4.69) is 15.3 Å². The van der Waals surface area contributed by atoms with Crippen LogP contribution in [0.4, 0.5) is 49.8 Å². The Morgan fingerprint density at radius 2 is 1.57 bits per heavy atom. The third-order valence-electron chi connectivity index (χ3n) is 7.71. The molecule has 4 rings (SSSR count). The van der Waals surface area contributed by atoms with E-state index in [1.807, 2.05) is 0 Å². The molecular weight excluding hydrogens is 763 g/mol. The Hall–Kier alpha value is -5.10. The number of rotatable bonds is 13. The summed E-state index contributed by atoms with van der Waals surface area (Å²) in [4.78, 5) is 21.8. The van der Waals surface area contributed by atoms with Gasteiger partial charge in [-0.2, -0.15) is 13.2 Å². The van der Waals surface area contributed by atoms with Crippen molar-refractivity contribution in [3.05, 3.63) is 88.7 Å². The minimum atomic E-state index is -4.89. The van der Waals surface area contributed by atoms with Crippen LogP contribution in [-0.2, 0) is 27.5 Å². The number of carbonyl (C=O) groups excluding carboxylic acids is 1. The van der Waals surface area contributed by atoms with Crippen LogP contribution in [0.5, 0.6) is 11.5 Å². The van der Waals surface area contributed by atoms with E-state index in [0.717, 1.165) is 42.7 Å². The monoisotopic (exact) mass is 800 g/mol. The molecule has 4 aromatic rings. The zero-order valence-corrected chi connectivity index (χ0v) is 31.8. The Kier molecular flexibility index (Phi) is 12.7. The summed E-state index contributed by atoms with van der Waals surface area (Å²) in [6.45, 7) is 4.68. The second-order valence-corrected chi connectivity index (χ2v) is 15.1. The lowest BCUT2D eigenvalue weighted by Crippen LogP contribution is -2.38. The van der Waals surface area contributed by atoms with E-state index in [1.165, 1.54) is 56.3 Å². The maximum Gasteiger partial charge on any atom is 0.416 e. The summed E-state index contributed by atoms with van der Waals surface area (Å²) in [5, 5.41) is 2.48. The number of benzene rings is 3. The van der Waals surface area contributed by atoms with Crippen LogP contribution < -0.4 is 24.0 Å². The van der Waals surface area contributed by atoms with E-state index >= 15 is 4.39 Å². The summed E-state index contributed by atoms with van der Waals surface area (Å²) in [7, 11) is 0.846. The van der Waals surface area contributed by atoms with Gasteiger partial charge in [0.15, 0.2) is 5.82 Å². The molecule has 0 saturated carbocycles. The molecule has 19 heteroatoms. The molecule has 0 aliphatic carbocycles. The van der Waals surface area contributed by atoms with Crippen molar-refractivity contribution in [1.29, 1.82) is 0 Å². The molecule has 0 radical (unpaired) electrons. The normalized spacial score (nSPS) is 11.9. The third-order valence-corrected chi connectivity index (χ3v) is 9.76. The number of nitrogens with zero attached hydrogens (tertiary/aromatic N) is 5. The van der Waals surface area contributed by atoms with Crippen LogP contribution >= 0.6 is 11.6 Å². The molecule has 0 unspecified atom stereocenters. The van der Waals surface area contributed by atoms with E-state index in [0.29, 0.717) is 10.1 Å². The van der Waals surface area contributed by atoms with Crippen molar-refractivity contribution in [3.8, 4) is 11.5 Å². The molecule has 1 heterocycles. The van der Waals surface area contributed by atoms with Gasteiger partial charge in [0.2, 0.25) is 5.95 Å². The molecule has 1 amide bonds. The highest BCUT2D eigenvalue weighted by atomic mass is 35.5. The second-order valence-electron chi connectivity index (χ2n) is 12.8. The first kappa shape index (κ1) is 41.7. The van der Waals surface area contributed by atoms with E-state index in [9.17, 15) is 30.8 Å². The van der Waals surface area contributed by atoms with Crippen LogP contribution in [-0.4, -0.2) is 76.4 Å². The Balaban J connectivity index is 1.71. The summed E-state index contributed by atoms with van der Waals surface area (Å²) in [6, 6.07) is 8.92. The van der Waals surface area contributed by atoms with Gasteiger partial charge in [0.1, 0.15) is 27.8 Å². The number of methoxy groups -OCH3 is 2. The number of nitrogens with one attached hydrogen (secondary N) is 1. The lowest BCUT2D eigenvalue weighted by atomic mass is 10.1. The minimum Gasteiger partial charge on any atom is -0.497 e. The fourth-order valence-electron chi connectivity index (χ4n) is 4.90. The zero-order chi connectivity index (χ0) is 40.2. The molecule has 1 aromatic heterocycles. The predicted octanol–water partition coefficient (Wildman–Crippen LogP) is 7.89. The number of aromatic nitrogens is 2. The zero-order valence-electron chi connectivity index (χ0n) is 30.3. The van der Waals surface area contributed by atoms with E-state index < -0.39 is 62.5 Å². The molecule has 1 N–H and O–H groups in total. The number of amides is 1. The van der Waals surface area contributed by atoms with Crippen molar-refractivity contribution >= 4 is 50.7 Å². The Morgan fingerprint density at radius 3 is 2.17 bits per heavy atom. The van der Waals surface area contributed by atoms with Gasteiger partial charge in [-0.1, -0.05) is 11.6 Å². The molecule has 12 nitrogen and oxygen atoms in total. The molecule has 0 saturated heterocycles. The van der Waals surface area contributed by atoms with Crippen molar-refractivity contribution in [3.63, 3.8) is 0 Å². The Morgan fingerprint density at radius 1 is 0.907 bits per heavy atom. The van der Waals surface area contributed by atoms with Gasteiger partial charge < -0.3 is 29.3 Å². The highest BCUT2D eigenvalue weighted by Crippen LogP contribution is 2.39. The molecule has 292 valence electrons. The molecular formula is C35H38ClF5N6O6S. The van der Waals surface area contributed by atoms with Gasteiger partial charge in [0.25, 0.3) is 10.0 Å². The summed E-state index contributed by atoms with van der Waals surface area (Å²) >= 11 is 6.52. The van der Waals surface area contributed by atoms with Crippen molar-refractivity contribution in [2.75, 3.05) is 55.9 Å². The Labute approximate surface area is 314 Å². The Bertz CT molecular complexity index is 2080. The summed E-state index contributed by atoms with van der Waals surface area (Å²) in [5.41, 5.74) is -1.59. The largest absolute Gasteiger partial charge is 0.497 e. The number of ether oxygens (including phenoxy) is 3. The maximum atomic E-state index is 16.0. The van der Waals surface area contributed by atoms with Crippen molar-refractivity contribution < 1.29 is 49.4 Å². The minimum absolute atomic E-state index is 0.00339. The van der Waals surface area contributed by atoms with Crippen molar-refractivity contribution in [2.45, 2.75) is 44.0 Å². The number of alkyl halides is 3. The number of carbonyl (C=O) groups is 1. The third kappa shape index (κ3) is 10.1. The van der Waals surface area contributed by atoms with E-state index in [-0.39, 0.29) is 46.5 Å². The topological polar surface area (TPSA) is 126 Å². The molecule has 0 aliphatic rings. The average molecular weight is 801 g/mol. The summed E-state index contributed by atoms with van der Waals surface area (Å²) in [6.07, 6.45) is -3.87. The highest BCUT2D eigenvalue weighted by Gasteiger charge is 2.34. The lowest BCUT2D eigenvalue weighted by molar-refractivity contribution is -0.137. The summed E-state index contributed by atoms with van der Waals surface area (Å²) in [5.74, 6) is -2.03. The first-order chi connectivity index (χ1) is 25.1. The summed E-state index contributed by atoms with van der Waals surface area (Å²) < 4.78 is 116. The number of halogens is 6. The standard InChI is InChI=1S/C35H38ClF5N6O6S/c1-34(2,3)53-33(48)46(5)13-12-45(4)29-14-22(35(39,40)41)9-11-27(29)44-28-17-26(38)31(16-25(28)36)54(49,50)47(32-42-18-23(37)19-43-32)20-21-8-10-24(51-6)15-30(21)52-7/h8-11,14-19,44H,12-13,20H2,1-7H3. The van der Waals surface area contributed by atoms with Gasteiger partial charge in [-0.05, 0) is 57.2 Å². The number of hydrogen-bond donors (Lipinski definition) is 1. The molecule has 0 bridgehead atoms. The lowest BCUT2D eigenvalue weighted by Gasteiger charge is -2.28. The van der Waals surface area contributed by atoms with E-state index in [1.54, 1.807) is 20.8 Å². The van der Waals surface area contributed by atoms with Gasteiger partial charge in [-0.15, -0.1) is 0 Å². The smallest absolute Gasteiger partial charge is 0.416 e. The van der Waals surface area contributed by atoms with E-state index in [4.69, 9.17) is 25.8 Å². The molecule has 3 aromatic carbocycles. The van der Waals surface area contributed by atoms with Gasteiger partial charge in [-0.25, -0.2) is 36.3 Å². The molecule has 0 fully saturated rings. The first-order valence-corrected chi connectivity index (χ1v) is 17.8. The molecule has 0 atom stereocenters.